The van der Waals surface area contributed by atoms with Crippen molar-refractivity contribution in [3.63, 3.8) is 0 Å². The van der Waals surface area contributed by atoms with Crippen LogP contribution in [-0.2, 0) is 0 Å². The number of nitrogens with zero attached hydrogens (tertiary/aromatic N) is 2. The molecule has 0 radical (unpaired) electrons. The molecule has 0 saturated carbocycles. The highest BCUT2D eigenvalue weighted by molar-refractivity contribution is 8.13. The summed E-state index contributed by atoms with van der Waals surface area (Å²) in [5.74, 6) is 0.878. The van der Waals surface area contributed by atoms with Gasteiger partial charge in [-0.1, -0.05) is 38.6 Å². The lowest BCUT2D eigenvalue weighted by atomic mass is 10.4. The number of aromatic nitrogens is 1. The van der Waals surface area contributed by atoms with Gasteiger partial charge in [0.05, 0.1) is 0 Å². The molecule has 1 aromatic rings. The number of pyridine rings is 1. The van der Waals surface area contributed by atoms with Gasteiger partial charge in [0.2, 0.25) is 0 Å². The summed E-state index contributed by atoms with van der Waals surface area (Å²) in [7, 11) is 0. The van der Waals surface area contributed by atoms with Crippen LogP contribution < -0.4 is 0 Å². The Morgan fingerprint density at radius 3 is 1.89 bits per heavy atom. The molecule has 3 nitrogen and oxygen atoms in total. The zero-order chi connectivity index (χ0) is 13.6. The molecule has 0 N–H and O–H groups in total. The molecule has 0 aliphatic carbocycles. The van der Waals surface area contributed by atoms with Crippen molar-refractivity contribution >= 4 is 17.0 Å². The highest BCUT2D eigenvalue weighted by Gasteiger charge is 2.10. The van der Waals surface area contributed by atoms with Crippen LogP contribution in [0.4, 0.5) is 4.79 Å². The molecule has 1 aromatic heterocycles. The molecule has 4 heteroatoms. The third-order valence-corrected chi connectivity index (χ3v) is 2.87. The summed E-state index contributed by atoms with van der Waals surface area (Å²) >= 11 is 1.41. The predicted molar refractivity (Wildman–Crippen MR) is 79.9 cm³/mol. The van der Waals surface area contributed by atoms with Crippen LogP contribution in [0.5, 0.6) is 0 Å². The molecular formula is C14H24N2OS. The van der Waals surface area contributed by atoms with Gasteiger partial charge in [-0.25, -0.2) is 0 Å². The summed E-state index contributed by atoms with van der Waals surface area (Å²) in [5, 5.41) is 0.237. The van der Waals surface area contributed by atoms with Crippen LogP contribution in [0.2, 0.25) is 0 Å². The lowest BCUT2D eigenvalue weighted by Crippen LogP contribution is -2.29. The van der Waals surface area contributed by atoms with Crippen LogP contribution >= 0.6 is 11.8 Å². The zero-order valence-corrected chi connectivity index (χ0v) is 12.4. The van der Waals surface area contributed by atoms with Gasteiger partial charge < -0.3 is 4.90 Å². The molecule has 18 heavy (non-hydrogen) atoms. The van der Waals surface area contributed by atoms with Gasteiger partial charge in [-0.3, -0.25) is 9.78 Å². The van der Waals surface area contributed by atoms with E-state index in [0.717, 1.165) is 31.7 Å². The van der Waals surface area contributed by atoms with Crippen molar-refractivity contribution < 1.29 is 4.79 Å². The maximum atomic E-state index is 11.4. The molecule has 1 rings (SSSR count). The number of thioether (sulfide) groups is 1. The standard InChI is InChI=1S/C9H19NOS.C5H5N/c1-4-7-10(8-5-2)9(11)12-6-3;1-2-4-6-5-3-1/h4-8H2,1-3H3;1-5H. The molecule has 0 aliphatic heterocycles. The Balaban J connectivity index is 0.000000397. The van der Waals surface area contributed by atoms with Gasteiger partial charge >= 0.3 is 0 Å². The largest absolute Gasteiger partial charge is 0.334 e. The van der Waals surface area contributed by atoms with E-state index in [1.54, 1.807) is 12.4 Å². The lowest BCUT2D eigenvalue weighted by Gasteiger charge is -2.20. The topological polar surface area (TPSA) is 33.2 Å². The maximum absolute atomic E-state index is 11.4. The SMILES string of the molecule is CCCN(CCC)C(=O)SCC.c1ccncc1. The Morgan fingerprint density at radius 2 is 1.61 bits per heavy atom. The van der Waals surface area contributed by atoms with Crippen molar-refractivity contribution in [1.82, 2.24) is 9.88 Å². The van der Waals surface area contributed by atoms with Crippen molar-refractivity contribution in [1.29, 1.82) is 0 Å². The smallest absolute Gasteiger partial charge is 0.281 e. The van der Waals surface area contributed by atoms with E-state index >= 15 is 0 Å². The van der Waals surface area contributed by atoms with Crippen LogP contribution in [0.1, 0.15) is 33.6 Å². The molecule has 0 spiro atoms. The quantitative estimate of drug-likeness (QED) is 0.807. The third-order valence-electron chi connectivity index (χ3n) is 2.08. The molecule has 1 amide bonds. The molecule has 0 fully saturated rings. The van der Waals surface area contributed by atoms with Gasteiger partial charge in [0.15, 0.2) is 0 Å². The number of amides is 1. The first-order chi connectivity index (χ1) is 8.76. The Morgan fingerprint density at radius 1 is 1.06 bits per heavy atom. The Labute approximate surface area is 115 Å². The van der Waals surface area contributed by atoms with Crippen molar-refractivity contribution in [3.8, 4) is 0 Å². The average Bonchev–Trinajstić information content (AvgIpc) is 2.41. The van der Waals surface area contributed by atoms with Crippen molar-refractivity contribution in [3.05, 3.63) is 30.6 Å². The Hall–Kier alpha value is -1.03. The lowest BCUT2D eigenvalue weighted by molar-refractivity contribution is 0.223. The van der Waals surface area contributed by atoms with E-state index < -0.39 is 0 Å². The minimum atomic E-state index is 0.237. The second-order valence-corrected chi connectivity index (χ2v) is 4.93. The Bertz CT molecular complexity index is 260. The van der Waals surface area contributed by atoms with Crippen LogP contribution in [0.25, 0.3) is 0 Å². The molecule has 0 atom stereocenters. The first-order valence-corrected chi connectivity index (χ1v) is 7.51. The number of hydrogen-bond acceptors (Lipinski definition) is 3. The second kappa shape index (κ2) is 12.4. The minimum Gasteiger partial charge on any atom is -0.334 e. The van der Waals surface area contributed by atoms with Crippen LogP contribution in [0.3, 0.4) is 0 Å². The summed E-state index contributed by atoms with van der Waals surface area (Å²) < 4.78 is 0. The van der Waals surface area contributed by atoms with Crippen molar-refractivity contribution in [2.45, 2.75) is 33.6 Å². The fourth-order valence-electron chi connectivity index (χ4n) is 1.36. The highest BCUT2D eigenvalue weighted by Crippen LogP contribution is 2.09. The van der Waals surface area contributed by atoms with E-state index in [0.29, 0.717) is 0 Å². The van der Waals surface area contributed by atoms with Crippen molar-refractivity contribution in [2.24, 2.45) is 0 Å². The van der Waals surface area contributed by atoms with Crippen molar-refractivity contribution in [2.75, 3.05) is 18.8 Å². The van der Waals surface area contributed by atoms with Gasteiger partial charge in [-0.05, 0) is 30.7 Å². The summed E-state index contributed by atoms with van der Waals surface area (Å²) in [4.78, 5) is 17.1. The first-order valence-electron chi connectivity index (χ1n) is 6.52. The molecule has 0 aliphatic rings. The number of rotatable bonds is 5. The molecule has 0 saturated heterocycles. The normalized spacial score (nSPS) is 9.28. The summed E-state index contributed by atoms with van der Waals surface area (Å²) in [6, 6.07) is 5.72. The van der Waals surface area contributed by atoms with E-state index in [-0.39, 0.29) is 5.24 Å². The van der Waals surface area contributed by atoms with Crippen LogP contribution in [0, 0.1) is 0 Å². The number of carbonyl (C=O) groups is 1. The van der Waals surface area contributed by atoms with Gasteiger partial charge in [0, 0.05) is 25.5 Å². The van der Waals surface area contributed by atoms with Gasteiger partial charge in [-0.2, -0.15) is 0 Å². The highest BCUT2D eigenvalue weighted by atomic mass is 32.2. The van der Waals surface area contributed by atoms with E-state index in [2.05, 4.69) is 18.8 Å². The van der Waals surface area contributed by atoms with Gasteiger partial charge in [0.1, 0.15) is 0 Å². The third kappa shape index (κ3) is 9.05. The molecule has 1 heterocycles. The predicted octanol–water partition coefficient (Wildman–Crippen LogP) is 4.06. The summed E-state index contributed by atoms with van der Waals surface area (Å²) in [6.07, 6.45) is 5.60. The Kier molecular flexibility index (Phi) is 11.7. The number of carbonyl (C=O) groups excluding carboxylic acids is 1. The van der Waals surface area contributed by atoms with E-state index in [1.165, 1.54) is 11.8 Å². The molecule has 0 unspecified atom stereocenters. The van der Waals surface area contributed by atoms with E-state index in [9.17, 15) is 4.79 Å². The van der Waals surface area contributed by atoms with Crippen LogP contribution in [-0.4, -0.2) is 34.0 Å². The van der Waals surface area contributed by atoms with Gasteiger partial charge in [-0.15, -0.1) is 0 Å². The zero-order valence-electron chi connectivity index (χ0n) is 11.6. The monoisotopic (exact) mass is 268 g/mol. The molecule has 102 valence electrons. The summed E-state index contributed by atoms with van der Waals surface area (Å²) in [5.41, 5.74) is 0. The molecule has 0 bridgehead atoms. The minimum absolute atomic E-state index is 0.237. The first kappa shape index (κ1) is 17.0. The molecule has 0 aromatic carbocycles. The average molecular weight is 268 g/mol. The molecular weight excluding hydrogens is 244 g/mol. The maximum Gasteiger partial charge on any atom is 0.281 e. The van der Waals surface area contributed by atoms with Crippen LogP contribution in [0.15, 0.2) is 30.6 Å². The fourth-order valence-corrected chi connectivity index (χ4v) is 1.97. The number of hydrogen-bond donors (Lipinski definition) is 0. The van der Waals surface area contributed by atoms with Gasteiger partial charge in [0.25, 0.3) is 5.24 Å². The summed E-state index contributed by atoms with van der Waals surface area (Å²) in [6.45, 7) is 8.02. The van der Waals surface area contributed by atoms with E-state index in [4.69, 9.17) is 0 Å². The van der Waals surface area contributed by atoms with E-state index in [1.807, 2.05) is 30.0 Å². The fraction of sp³-hybridized carbons (Fsp3) is 0.571. The second-order valence-electron chi connectivity index (χ2n) is 3.71.